The van der Waals surface area contributed by atoms with Gasteiger partial charge < -0.3 is 33.3 Å². The number of pyridine rings is 5. The Bertz CT molecular complexity index is 5500. The van der Waals surface area contributed by atoms with Gasteiger partial charge >= 0.3 is 56.8 Å². The Hall–Kier alpha value is -9.65. The molecule has 0 saturated carbocycles. The molecule has 0 bridgehead atoms. The number of hydrogen-bond acceptors (Lipinski definition) is 17. The Morgan fingerprint density at radius 1 is 0.442 bits per heavy atom. The van der Waals surface area contributed by atoms with Crippen molar-refractivity contribution in [3.05, 3.63) is 304 Å². The van der Waals surface area contributed by atoms with Crippen molar-refractivity contribution in [2.45, 2.75) is 185 Å². The maximum absolute atomic E-state index is 13.9. The Morgan fingerprint density at radius 3 is 1.13 bits per heavy atom. The molecule has 10 aromatic rings. The predicted molar refractivity (Wildman–Crippen MR) is 488 cm³/mol. The lowest BCUT2D eigenvalue weighted by Crippen LogP contribution is -2.51. The summed E-state index contributed by atoms with van der Waals surface area (Å²) in [5, 5.41) is 5.03. The van der Waals surface area contributed by atoms with Crippen LogP contribution in [-0.2, 0) is 57.5 Å². The highest BCUT2D eigenvalue weighted by Crippen LogP contribution is 2.46. The molecule has 5 aromatic carbocycles. The normalized spacial score (nSPS) is 17.5. The number of esters is 1. The number of aromatic nitrogens is 5. The number of halogens is 26. The molecule has 19 nitrogen and oxygen atoms in total. The Kier molecular flexibility index (Phi) is 42.3. The zero-order chi connectivity index (χ0) is 103. The molecule has 13 rings (SSSR count). The maximum atomic E-state index is 13.9. The molecule has 0 aliphatic carbocycles. The van der Waals surface area contributed by atoms with E-state index in [1.165, 1.54) is 89.6 Å². The Labute approximate surface area is 821 Å². The predicted octanol–water partition coefficient (Wildman–Crippen LogP) is 24.5. The van der Waals surface area contributed by atoms with Crippen LogP contribution < -0.4 is 16.1 Å². The molecule has 0 spiro atoms. The molecule has 46 heteroatoms. The summed E-state index contributed by atoms with van der Waals surface area (Å²) in [7, 11) is -0.552. The first-order valence-electron chi connectivity index (χ1n) is 40.9. The highest BCUT2D eigenvalue weighted by molar-refractivity contribution is 9.11. The fourth-order valence-electron chi connectivity index (χ4n) is 13.1. The van der Waals surface area contributed by atoms with Crippen LogP contribution in [0.5, 0.6) is 0 Å². The Balaban J connectivity index is 0.000000233. The standard InChI is InChI=1S/C28H27F6N3O2.C20H27BF3NO4.C14H12BrF3N2.C14H10BrF3N2.C7H3BrF3NO.C5H3Br2N.C4H5F3O2/c1-27(2)37(26(38)25(30)31)22(14-29)23(39-27)19-10-8-18(9-11-19)20-12-13-21(35-16-20)24(28(32,33)34)36-15-17-6-4-3-5-7-17;1-18(2)19(3,4)29-21(28-18)13-9-7-12(8-10-13)15-14(11-22)25(17(26)16(23)24)20(5,6)27-15;2*15-11-6-7-12(19-9-11)13(14(16,17)18)20-8-10-4-2-1-3-5-10;8-4-1-2-5(12-3-4)6(13)7(9,10)11;6-4-1-2-5(7)8-3-4;1-2-9-3(8)4(5,6)7/h3-13,16,22-25,36H,14-15H2,1-2H3;7-10,14-16H,11H2,1-6H3;1-7,9,13,20H,8H2;1-7,9H,8H2;1-3H;1-3H;2H2,1H3/t22-,23-,24?;14-,15-;;;;;/m11...../s1. The summed E-state index contributed by atoms with van der Waals surface area (Å²) in [6.07, 6.45) is -24.7. The third-order valence-corrected chi connectivity index (χ3v) is 22.6. The number of alkyl halides is 21. The van der Waals surface area contributed by atoms with Crippen LogP contribution in [0.3, 0.4) is 0 Å². The van der Waals surface area contributed by atoms with E-state index in [1.54, 1.807) is 146 Å². The number of hydrogen-bond donors (Lipinski definition) is 2. The van der Waals surface area contributed by atoms with Crippen LogP contribution in [0.25, 0.3) is 11.1 Å². The molecule has 3 aliphatic rings. The topological polar surface area (TPSA) is 222 Å². The van der Waals surface area contributed by atoms with Gasteiger partial charge in [0.05, 0.1) is 53.5 Å². The van der Waals surface area contributed by atoms with Crippen LogP contribution in [0.15, 0.2) is 259 Å². The van der Waals surface area contributed by atoms with E-state index in [9.17, 15) is 111 Å². The smallest absolute Gasteiger partial charge is 0.459 e. The van der Waals surface area contributed by atoms with Crippen molar-refractivity contribution in [2.75, 3.05) is 20.0 Å². The summed E-state index contributed by atoms with van der Waals surface area (Å²) in [6, 6.07) is 48.5. The number of Topliss-reactive ketones (excluding diaryl/α,β-unsaturated/α-hetero) is 1. The fraction of sp³-hybridized carbons (Fsp3) is 0.348. The van der Waals surface area contributed by atoms with Crippen LogP contribution in [0.2, 0.25) is 0 Å². The highest BCUT2D eigenvalue weighted by Gasteiger charge is 2.56. The van der Waals surface area contributed by atoms with Gasteiger partial charge in [-0.3, -0.25) is 49.9 Å². The zero-order valence-corrected chi connectivity index (χ0v) is 81.9. The average molecular weight is 2290 g/mol. The van der Waals surface area contributed by atoms with Crippen molar-refractivity contribution < 1.29 is 135 Å². The second kappa shape index (κ2) is 50.7. The third-order valence-electron chi connectivity index (χ3n) is 20.3. The van der Waals surface area contributed by atoms with Crippen molar-refractivity contribution in [1.82, 2.24) is 45.4 Å². The molecule has 5 aromatic heterocycles. The van der Waals surface area contributed by atoms with Gasteiger partial charge in [0.1, 0.15) is 59.4 Å². The molecule has 2 N–H and O–H groups in total. The quantitative estimate of drug-likeness (QED) is 0.0170. The van der Waals surface area contributed by atoms with Gasteiger partial charge in [0.15, 0.2) is 5.71 Å². The van der Waals surface area contributed by atoms with E-state index in [-0.39, 0.29) is 43.3 Å². The summed E-state index contributed by atoms with van der Waals surface area (Å²) in [6.45, 7) is 12.7. The van der Waals surface area contributed by atoms with Gasteiger partial charge in [-0.25, -0.2) is 18.6 Å². The number of rotatable bonds is 21. The number of ketones is 1. The van der Waals surface area contributed by atoms with Crippen molar-refractivity contribution in [3.63, 3.8) is 0 Å². The number of ether oxygens (including phenoxy) is 3. The number of aliphatic imine (C=N–C) groups is 1. The minimum Gasteiger partial charge on any atom is -0.459 e. The van der Waals surface area contributed by atoms with Gasteiger partial charge in [-0.1, -0.05) is 146 Å². The van der Waals surface area contributed by atoms with Crippen LogP contribution in [0, 0.1) is 0 Å². The van der Waals surface area contributed by atoms with Crippen LogP contribution in [0.1, 0.15) is 142 Å². The van der Waals surface area contributed by atoms with Gasteiger partial charge in [-0.05, 0) is 235 Å². The van der Waals surface area contributed by atoms with E-state index in [0.29, 0.717) is 46.8 Å². The molecular weight excluding hydrogens is 2200 g/mol. The van der Waals surface area contributed by atoms with E-state index < -0.39 is 158 Å². The molecule has 138 heavy (non-hydrogen) atoms. The molecule has 3 fully saturated rings. The summed E-state index contributed by atoms with van der Waals surface area (Å²) in [4.78, 5) is 68.4. The van der Waals surface area contributed by atoms with Gasteiger partial charge in [0.2, 0.25) is 0 Å². The second-order valence-corrected chi connectivity index (χ2v) is 36.1. The van der Waals surface area contributed by atoms with Gasteiger partial charge in [0.25, 0.3) is 17.6 Å². The van der Waals surface area contributed by atoms with Crippen molar-refractivity contribution >= 4 is 122 Å². The lowest BCUT2D eigenvalue weighted by molar-refractivity contribution is -0.199. The number of nitrogens with zero attached hydrogens (tertiary/aromatic N) is 8. The minimum atomic E-state index is -4.86. The SMILES string of the molecule is Brc1ccc(Br)nc1.CC1(C)O[C@H](c2ccc(-c3ccc(C(NCc4ccccc4)C(F)(F)F)nc3)cc2)[C@@H](CF)N1C(=O)C(F)F.CC1(C)O[C@H](c2ccc(B3OC(C)(C)C(C)(C)O3)cc2)[C@@H](CF)N1C(=O)C(F)F.CCOC(=O)C(F)(F)F.FC(F)(F)C(=NCc1ccccc1)c1ccc(Br)cn1.FC(F)(F)C(NCc1ccccc1)c1ccc(Br)cn1.O=C(c1ccc(Br)cn1)C(F)(F)F. The molecule has 2 unspecified atom stereocenters. The summed E-state index contributed by atoms with van der Waals surface area (Å²) in [5.41, 5.74) is -0.539. The molecule has 0 radical (unpaired) electrons. The number of carbonyl (C=O) groups excluding carboxylic acids is 4. The molecular formula is C92H87BBr5F21N10O9. The lowest BCUT2D eigenvalue weighted by atomic mass is 9.78. The first kappa shape index (κ1) is 115. The van der Waals surface area contributed by atoms with Crippen LogP contribution in [0.4, 0.5) is 92.2 Å². The first-order chi connectivity index (χ1) is 64.3. The van der Waals surface area contributed by atoms with Gasteiger partial charge in [-0.15, -0.1) is 0 Å². The second-order valence-electron chi connectivity index (χ2n) is 31.6. The monoisotopic (exact) mass is 2280 g/mol. The lowest BCUT2D eigenvalue weighted by Gasteiger charge is -2.32. The summed E-state index contributed by atoms with van der Waals surface area (Å²) in [5.74, 6) is -7.01. The third kappa shape index (κ3) is 34.1. The van der Waals surface area contributed by atoms with E-state index in [4.69, 9.17) is 18.8 Å². The minimum absolute atomic E-state index is 0.0101. The van der Waals surface area contributed by atoms with Crippen molar-refractivity contribution in [1.29, 1.82) is 0 Å². The zero-order valence-electron chi connectivity index (χ0n) is 74.0. The number of carbonyl (C=O) groups is 4. The van der Waals surface area contributed by atoms with E-state index >= 15 is 0 Å². The van der Waals surface area contributed by atoms with E-state index in [0.717, 1.165) is 42.2 Å². The maximum Gasteiger partial charge on any atom is 0.494 e. The van der Waals surface area contributed by atoms with Crippen molar-refractivity contribution in [3.8, 4) is 11.1 Å². The molecule has 2 amide bonds. The fourth-order valence-corrected chi connectivity index (χ4v) is 14.3. The molecule has 3 saturated heterocycles. The number of amides is 2. The highest BCUT2D eigenvalue weighted by atomic mass is 79.9. The van der Waals surface area contributed by atoms with Crippen molar-refractivity contribution in [2.24, 2.45) is 4.99 Å². The molecule has 744 valence electrons. The van der Waals surface area contributed by atoms with E-state index in [2.05, 4.69) is 125 Å². The van der Waals surface area contributed by atoms with Crippen LogP contribution >= 0.6 is 79.6 Å². The van der Waals surface area contributed by atoms with Gasteiger partial charge in [-0.2, -0.15) is 83.4 Å². The molecule has 8 heterocycles. The average Bonchev–Trinajstić information content (AvgIpc) is 1.61. The van der Waals surface area contributed by atoms with E-state index in [1.807, 2.05) is 45.9 Å². The molecule has 6 atom stereocenters. The Morgan fingerprint density at radius 2 is 0.812 bits per heavy atom. The van der Waals surface area contributed by atoms with Gasteiger partial charge in [0, 0.05) is 67.5 Å². The van der Waals surface area contributed by atoms with Crippen LogP contribution in [-0.4, -0.2) is 170 Å². The largest absolute Gasteiger partial charge is 0.494 e. The summed E-state index contributed by atoms with van der Waals surface area (Å²) < 4.78 is 300. The number of nitrogens with one attached hydrogen (secondary N) is 2. The summed E-state index contributed by atoms with van der Waals surface area (Å²) >= 11 is 15.8. The first-order valence-corrected chi connectivity index (χ1v) is 44.8. The number of benzene rings is 5. The molecule has 3 aliphatic heterocycles.